The van der Waals surface area contributed by atoms with Gasteiger partial charge in [-0.15, -0.1) is 0 Å². The van der Waals surface area contributed by atoms with Crippen LogP contribution in [-0.2, 0) is 4.74 Å². The monoisotopic (exact) mass is 371 g/mol. The van der Waals surface area contributed by atoms with E-state index in [0.717, 1.165) is 19.4 Å². The molecule has 1 fully saturated rings. The summed E-state index contributed by atoms with van der Waals surface area (Å²) in [6.07, 6.45) is 3.67. The van der Waals surface area contributed by atoms with Crippen LogP contribution in [0.15, 0.2) is 35.0 Å². The topological polar surface area (TPSA) is 95.1 Å². The molecule has 1 atom stereocenters. The smallest absolute Gasteiger partial charge is 0.316 e. The Kier molecular flexibility index (Phi) is 4.68. The zero-order valence-corrected chi connectivity index (χ0v) is 14.7. The van der Waals surface area contributed by atoms with E-state index in [-0.39, 0.29) is 23.6 Å². The number of amides is 1. The lowest BCUT2D eigenvalue weighted by Gasteiger charge is -2.08. The molecule has 3 aromatic rings. The maximum atomic E-state index is 13.1. The van der Waals surface area contributed by atoms with Crippen molar-refractivity contribution in [2.75, 3.05) is 13.2 Å². The van der Waals surface area contributed by atoms with Crippen LogP contribution >= 0.6 is 0 Å². The van der Waals surface area contributed by atoms with Crippen molar-refractivity contribution >= 4 is 5.91 Å². The summed E-state index contributed by atoms with van der Waals surface area (Å²) in [5.41, 5.74) is 1.98. The number of nitrogens with zero attached hydrogens (tertiary/aromatic N) is 4. The molecular weight excluding hydrogens is 353 g/mol. The Bertz CT molecular complexity index is 944. The first-order valence-corrected chi connectivity index (χ1v) is 8.66. The third-order valence-electron chi connectivity index (χ3n) is 4.37. The van der Waals surface area contributed by atoms with Crippen LogP contribution in [0.25, 0.3) is 17.1 Å². The van der Waals surface area contributed by atoms with Crippen LogP contribution < -0.4 is 5.32 Å². The van der Waals surface area contributed by atoms with Gasteiger partial charge in [-0.05, 0) is 44.0 Å². The lowest BCUT2D eigenvalue weighted by molar-refractivity contribution is 0.0822. The first kappa shape index (κ1) is 17.3. The Hall–Kier alpha value is -3.07. The van der Waals surface area contributed by atoms with Crippen molar-refractivity contribution in [2.24, 2.45) is 0 Å². The van der Waals surface area contributed by atoms with Gasteiger partial charge in [-0.2, -0.15) is 10.1 Å². The van der Waals surface area contributed by atoms with E-state index in [4.69, 9.17) is 9.26 Å². The number of benzene rings is 1. The number of carbonyl (C=O) groups is 1. The van der Waals surface area contributed by atoms with Gasteiger partial charge in [0, 0.05) is 19.3 Å². The fraction of sp³-hybridized carbons (Fsp3) is 0.333. The van der Waals surface area contributed by atoms with Gasteiger partial charge in [-0.25, -0.2) is 9.07 Å². The zero-order chi connectivity index (χ0) is 18.8. The highest BCUT2D eigenvalue weighted by Gasteiger charge is 2.21. The summed E-state index contributed by atoms with van der Waals surface area (Å²) in [6.45, 7) is 2.93. The number of nitrogens with one attached hydrogen (secondary N) is 1. The predicted molar refractivity (Wildman–Crippen MR) is 92.9 cm³/mol. The van der Waals surface area contributed by atoms with Crippen LogP contribution in [0.1, 0.15) is 29.2 Å². The summed E-state index contributed by atoms with van der Waals surface area (Å²) in [7, 11) is 0. The third kappa shape index (κ3) is 3.72. The van der Waals surface area contributed by atoms with Crippen LogP contribution in [-0.4, -0.2) is 45.1 Å². The van der Waals surface area contributed by atoms with Crippen molar-refractivity contribution in [1.29, 1.82) is 0 Å². The molecule has 2 aromatic heterocycles. The summed E-state index contributed by atoms with van der Waals surface area (Å²) in [5.74, 6) is -0.604. The summed E-state index contributed by atoms with van der Waals surface area (Å²) >= 11 is 0. The molecule has 3 heterocycles. The molecule has 0 aliphatic carbocycles. The Balaban J connectivity index is 1.49. The zero-order valence-electron chi connectivity index (χ0n) is 14.7. The average Bonchev–Trinajstić information content (AvgIpc) is 3.41. The summed E-state index contributed by atoms with van der Waals surface area (Å²) in [5, 5.41) is 11.0. The van der Waals surface area contributed by atoms with Crippen LogP contribution in [0.3, 0.4) is 0 Å². The standard InChI is InChI=1S/C18H18FN5O3/c1-11-15(10-24(22-11)13-6-4-12(19)5-7-13)16-21-18(27-23-16)17(25)20-9-14-3-2-8-26-14/h4-7,10,14H,2-3,8-9H2,1H3,(H,20,25)/t14-/m1/s1. The molecule has 0 spiro atoms. The number of hydrogen-bond donors (Lipinski definition) is 1. The van der Waals surface area contributed by atoms with E-state index in [2.05, 4.69) is 20.6 Å². The van der Waals surface area contributed by atoms with E-state index in [0.29, 0.717) is 23.5 Å². The van der Waals surface area contributed by atoms with E-state index >= 15 is 0 Å². The molecule has 27 heavy (non-hydrogen) atoms. The fourth-order valence-corrected chi connectivity index (χ4v) is 2.92. The minimum atomic E-state index is -0.437. The molecule has 1 aliphatic heterocycles. The number of aryl methyl sites for hydroxylation is 1. The number of carbonyl (C=O) groups excluding carboxylic acids is 1. The normalized spacial score (nSPS) is 16.6. The Morgan fingerprint density at radius 1 is 1.37 bits per heavy atom. The first-order valence-electron chi connectivity index (χ1n) is 8.66. The van der Waals surface area contributed by atoms with E-state index in [9.17, 15) is 9.18 Å². The van der Waals surface area contributed by atoms with Crippen molar-refractivity contribution in [1.82, 2.24) is 25.2 Å². The molecule has 0 bridgehead atoms. The van der Waals surface area contributed by atoms with E-state index < -0.39 is 5.91 Å². The number of rotatable bonds is 5. The van der Waals surface area contributed by atoms with Crippen molar-refractivity contribution in [2.45, 2.75) is 25.9 Å². The molecule has 1 amide bonds. The Morgan fingerprint density at radius 3 is 2.93 bits per heavy atom. The second kappa shape index (κ2) is 7.28. The number of ether oxygens (including phenoxy) is 1. The largest absolute Gasteiger partial charge is 0.376 e. The SMILES string of the molecule is Cc1nn(-c2ccc(F)cc2)cc1-c1noc(C(=O)NC[C@H]2CCCO2)n1. The minimum absolute atomic E-state index is 0.0347. The van der Waals surface area contributed by atoms with Crippen LogP contribution in [0.2, 0.25) is 0 Å². The van der Waals surface area contributed by atoms with E-state index in [1.54, 1.807) is 29.9 Å². The summed E-state index contributed by atoms with van der Waals surface area (Å²) in [6, 6.07) is 5.95. The number of halogens is 1. The quantitative estimate of drug-likeness (QED) is 0.739. The predicted octanol–water partition coefficient (Wildman–Crippen LogP) is 2.28. The fourth-order valence-electron chi connectivity index (χ4n) is 2.92. The van der Waals surface area contributed by atoms with Gasteiger partial charge in [0.25, 0.3) is 0 Å². The van der Waals surface area contributed by atoms with Crippen molar-refractivity contribution in [3.63, 3.8) is 0 Å². The van der Waals surface area contributed by atoms with Gasteiger partial charge in [-0.3, -0.25) is 4.79 Å². The van der Waals surface area contributed by atoms with Gasteiger partial charge in [0.05, 0.1) is 23.0 Å². The second-order valence-corrected chi connectivity index (χ2v) is 6.32. The average molecular weight is 371 g/mol. The van der Waals surface area contributed by atoms with Gasteiger partial charge >= 0.3 is 11.8 Å². The molecule has 8 nitrogen and oxygen atoms in total. The van der Waals surface area contributed by atoms with E-state index in [1.807, 2.05) is 0 Å². The van der Waals surface area contributed by atoms with Crippen LogP contribution in [0.5, 0.6) is 0 Å². The van der Waals surface area contributed by atoms with E-state index in [1.165, 1.54) is 12.1 Å². The van der Waals surface area contributed by atoms with Gasteiger partial charge in [0.2, 0.25) is 5.82 Å². The maximum Gasteiger partial charge on any atom is 0.316 e. The second-order valence-electron chi connectivity index (χ2n) is 6.32. The molecule has 1 saturated heterocycles. The van der Waals surface area contributed by atoms with Gasteiger partial charge in [-0.1, -0.05) is 5.16 Å². The molecule has 1 aromatic carbocycles. The molecule has 1 N–H and O–H groups in total. The van der Waals surface area contributed by atoms with Crippen LogP contribution in [0, 0.1) is 12.7 Å². The lowest BCUT2D eigenvalue weighted by Crippen LogP contribution is -2.31. The molecule has 0 unspecified atom stereocenters. The van der Waals surface area contributed by atoms with Crippen LogP contribution in [0.4, 0.5) is 4.39 Å². The van der Waals surface area contributed by atoms with Gasteiger partial charge in [0.1, 0.15) is 5.82 Å². The molecule has 140 valence electrons. The number of aromatic nitrogens is 4. The summed E-state index contributed by atoms with van der Waals surface area (Å²) in [4.78, 5) is 16.3. The molecular formula is C18H18FN5O3. The first-order chi connectivity index (χ1) is 13.1. The molecule has 4 rings (SSSR count). The van der Waals surface area contributed by atoms with Crippen molar-refractivity contribution < 1.29 is 18.4 Å². The summed E-state index contributed by atoms with van der Waals surface area (Å²) < 4.78 is 25.2. The minimum Gasteiger partial charge on any atom is -0.376 e. The number of hydrogen-bond acceptors (Lipinski definition) is 6. The molecule has 0 saturated carbocycles. The Morgan fingerprint density at radius 2 is 2.19 bits per heavy atom. The highest BCUT2D eigenvalue weighted by Crippen LogP contribution is 2.21. The maximum absolute atomic E-state index is 13.1. The van der Waals surface area contributed by atoms with Gasteiger partial charge in [0.15, 0.2) is 0 Å². The lowest BCUT2D eigenvalue weighted by atomic mass is 10.2. The Labute approximate surface area is 154 Å². The van der Waals surface area contributed by atoms with Crippen molar-refractivity contribution in [3.05, 3.63) is 47.9 Å². The van der Waals surface area contributed by atoms with Gasteiger partial charge < -0.3 is 14.6 Å². The highest BCUT2D eigenvalue weighted by atomic mass is 19.1. The molecule has 0 radical (unpaired) electrons. The third-order valence-corrected chi connectivity index (χ3v) is 4.37. The molecule has 9 heteroatoms. The highest BCUT2D eigenvalue weighted by molar-refractivity contribution is 5.89. The van der Waals surface area contributed by atoms with Crippen molar-refractivity contribution in [3.8, 4) is 17.1 Å². The molecule has 1 aliphatic rings.